The van der Waals surface area contributed by atoms with Crippen molar-refractivity contribution in [1.29, 1.82) is 0 Å². The van der Waals surface area contributed by atoms with Crippen LogP contribution in [0, 0.1) is 24.2 Å². The number of hydrogen-bond acceptors (Lipinski definition) is 4. The van der Waals surface area contributed by atoms with E-state index < -0.39 is 5.41 Å². The van der Waals surface area contributed by atoms with Gasteiger partial charge in [-0.3, -0.25) is 9.59 Å². The van der Waals surface area contributed by atoms with Crippen LogP contribution < -0.4 is 5.43 Å². The van der Waals surface area contributed by atoms with Crippen LogP contribution in [0.5, 0.6) is 0 Å². The molecular weight excluding hydrogens is 292 g/mol. The first-order chi connectivity index (χ1) is 11.0. The molecule has 7 atom stereocenters. The number of aryl methyl sites for hydroxylation is 2. The Balaban J connectivity index is 1.78. The van der Waals surface area contributed by atoms with Crippen molar-refractivity contribution < 1.29 is 14.3 Å². The van der Waals surface area contributed by atoms with E-state index in [0.717, 1.165) is 24.0 Å². The van der Waals surface area contributed by atoms with Crippen molar-refractivity contribution >= 4 is 5.97 Å². The number of rotatable bonds is 0. The number of fused-ring (bicyclic) bond motifs is 2. The van der Waals surface area contributed by atoms with E-state index in [0.29, 0.717) is 0 Å². The maximum atomic E-state index is 12.9. The maximum Gasteiger partial charge on any atom is 0.313 e. The van der Waals surface area contributed by atoms with Gasteiger partial charge in [-0.1, -0.05) is 6.92 Å². The molecule has 23 heavy (non-hydrogen) atoms. The summed E-state index contributed by atoms with van der Waals surface area (Å²) in [5, 5.41) is 0. The van der Waals surface area contributed by atoms with Crippen LogP contribution in [0.4, 0.5) is 0 Å². The molecule has 4 fully saturated rings. The molecule has 4 bridgehead atoms. The third-order valence-corrected chi connectivity index (χ3v) is 7.36. The molecule has 118 valence electrons. The van der Waals surface area contributed by atoms with Gasteiger partial charge in [0.1, 0.15) is 6.10 Å². The summed E-state index contributed by atoms with van der Waals surface area (Å²) in [6.45, 7) is 4.17. The van der Waals surface area contributed by atoms with Gasteiger partial charge in [0.15, 0.2) is 5.43 Å². The summed E-state index contributed by atoms with van der Waals surface area (Å²) >= 11 is 0. The standard InChI is InChI=1S/C19H18O4/c1-7-5-10(20)6-9-3-4-19-8(2)15-17(23-18(19)21)13-14(19)12(9)11(7)16(13)22-15/h5-6,8,13-17H,3-4H2,1-2H3/t8-,13+,14+,15?,16?,17+,19+/m0/s1. The normalized spacial score (nSPS) is 47.0. The molecule has 0 aromatic heterocycles. The zero-order valence-corrected chi connectivity index (χ0v) is 13.2. The molecule has 6 aliphatic rings. The van der Waals surface area contributed by atoms with E-state index in [4.69, 9.17) is 9.47 Å². The van der Waals surface area contributed by atoms with Crippen LogP contribution in [0.15, 0.2) is 16.9 Å². The van der Waals surface area contributed by atoms with Crippen LogP contribution in [-0.2, 0) is 20.7 Å². The number of hydrogen-bond donors (Lipinski definition) is 0. The summed E-state index contributed by atoms with van der Waals surface area (Å²) in [6, 6.07) is 3.52. The summed E-state index contributed by atoms with van der Waals surface area (Å²) in [4.78, 5) is 25.0. The van der Waals surface area contributed by atoms with Gasteiger partial charge in [0.05, 0.1) is 17.6 Å². The SMILES string of the molecule is Cc1cc(=O)cc2c3c1C1OC4[C@@H]5OC(=O)[C@@](CC2)([C@H]3[C@H]15)[C@H]4C. The van der Waals surface area contributed by atoms with Crippen molar-refractivity contribution in [1.82, 2.24) is 0 Å². The minimum atomic E-state index is -0.444. The smallest absolute Gasteiger partial charge is 0.313 e. The Kier molecular flexibility index (Phi) is 1.95. The van der Waals surface area contributed by atoms with Gasteiger partial charge >= 0.3 is 5.97 Å². The largest absolute Gasteiger partial charge is 0.459 e. The average molecular weight is 310 g/mol. The molecular formula is C19H18O4. The molecule has 0 radical (unpaired) electrons. The first-order valence-corrected chi connectivity index (χ1v) is 8.58. The van der Waals surface area contributed by atoms with Crippen LogP contribution in [0.2, 0.25) is 0 Å². The van der Waals surface area contributed by atoms with Crippen LogP contribution in [-0.4, -0.2) is 18.2 Å². The highest BCUT2D eigenvalue weighted by atomic mass is 16.6. The first kappa shape index (κ1) is 12.7. The molecule has 4 heteroatoms. The van der Waals surface area contributed by atoms with Gasteiger partial charge in [-0.25, -0.2) is 0 Å². The van der Waals surface area contributed by atoms with E-state index in [1.807, 2.05) is 6.92 Å². The lowest BCUT2D eigenvalue weighted by Crippen LogP contribution is -2.64. The topological polar surface area (TPSA) is 52.6 Å². The van der Waals surface area contributed by atoms with Crippen molar-refractivity contribution in [2.45, 2.75) is 50.9 Å². The van der Waals surface area contributed by atoms with Crippen molar-refractivity contribution in [3.05, 3.63) is 44.6 Å². The highest BCUT2D eigenvalue weighted by Gasteiger charge is 2.76. The molecule has 4 nitrogen and oxygen atoms in total. The highest BCUT2D eigenvalue weighted by molar-refractivity contribution is 5.83. The molecule has 1 saturated carbocycles. The quantitative estimate of drug-likeness (QED) is 0.688. The zero-order valence-electron chi connectivity index (χ0n) is 13.2. The molecule has 1 spiro atoms. The first-order valence-electron chi connectivity index (χ1n) is 8.58. The molecule has 3 heterocycles. The summed E-state index contributed by atoms with van der Waals surface area (Å²) in [7, 11) is 0. The number of carbonyl (C=O) groups is 1. The monoisotopic (exact) mass is 310 g/mol. The number of ether oxygens (including phenoxy) is 2. The fraction of sp³-hybridized carbons (Fsp3) is 0.579. The predicted octanol–water partition coefficient (Wildman–Crippen LogP) is 2.02. The fourth-order valence-corrected chi connectivity index (χ4v) is 6.56. The Morgan fingerprint density at radius 1 is 1.17 bits per heavy atom. The van der Waals surface area contributed by atoms with E-state index in [2.05, 4.69) is 6.92 Å². The van der Waals surface area contributed by atoms with E-state index in [1.165, 1.54) is 11.1 Å². The summed E-state index contributed by atoms with van der Waals surface area (Å²) in [5.41, 5.74) is 4.19. The third-order valence-electron chi connectivity index (χ3n) is 7.36. The second-order valence-electron chi connectivity index (χ2n) is 8.00. The van der Waals surface area contributed by atoms with Crippen LogP contribution >= 0.6 is 0 Å². The Morgan fingerprint density at radius 3 is 2.83 bits per heavy atom. The minimum Gasteiger partial charge on any atom is -0.459 e. The molecule has 0 amide bonds. The van der Waals surface area contributed by atoms with Gasteiger partial charge in [0, 0.05) is 17.8 Å². The molecule has 3 saturated heterocycles. The molecule has 3 aliphatic carbocycles. The Morgan fingerprint density at radius 2 is 2.00 bits per heavy atom. The maximum absolute atomic E-state index is 12.9. The summed E-state index contributed by atoms with van der Waals surface area (Å²) in [6.07, 6.45) is 1.47. The predicted molar refractivity (Wildman–Crippen MR) is 81.1 cm³/mol. The molecule has 0 N–H and O–H groups in total. The van der Waals surface area contributed by atoms with E-state index in [-0.39, 0.29) is 47.5 Å². The van der Waals surface area contributed by atoms with Gasteiger partial charge in [0.2, 0.25) is 0 Å². The Hall–Kier alpha value is -1.68. The molecule has 2 unspecified atom stereocenters. The van der Waals surface area contributed by atoms with Gasteiger partial charge in [-0.2, -0.15) is 0 Å². The lowest BCUT2D eigenvalue weighted by Gasteiger charge is -2.57. The summed E-state index contributed by atoms with van der Waals surface area (Å²) < 4.78 is 12.3. The number of carbonyl (C=O) groups excluding carboxylic acids is 1. The van der Waals surface area contributed by atoms with Crippen molar-refractivity contribution in [2.75, 3.05) is 0 Å². The van der Waals surface area contributed by atoms with Gasteiger partial charge < -0.3 is 9.47 Å². The molecule has 1 aromatic carbocycles. The van der Waals surface area contributed by atoms with Crippen LogP contribution in [0.25, 0.3) is 0 Å². The van der Waals surface area contributed by atoms with E-state index in [1.54, 1.807) is 12.1 Å². The average Bonchev–Trinajstić information content (AvgIpc) is 2.95. The van der Waals surface area contributed by atoms with Crippen LogP contribution in [0.3, 0.4) is 0 Å². The third kappa shape index (κ3) is 1.11. The molecule has 1 aromatic rings. The van der Waals surface area contributed by atoms with Gasteiger partial charge in [0.25, 0.3) is 0 Å². The molecule has 7 rings (SSSR count). The lowest BCUT2D eigenvalue weighted by atomic mass is 9.50. The second kappa shape index (κ2) is 3.54. The van der Waals surface area contributed by atoms with Crippen molar-refractivity contribution in [3.8, 4) is 0 Å². The highest BCUT2D eigenvalue weighted by Crippen LogP contribution is 2.73. The fourth-order valence-electron chi connectivity index (χ4n) is 6.56. The van der Waals surface area contributed by atoms with Crippen molar-refractivity contribution in [3.63, 3.8) is 0 Å². The summed E-state index contributed by atoms with van der Waals surface area (Å²) in [5.74, 6) is 0.594. The Bertz CT molecular complexity index is 859. The lowest BCUT2D eigenvalue weighted by molar-refractivity contribution is -0.215. The molecule has 3 aliphatic heterocycles. The van der Waals surface area contributed by atoms with Gasteiger partial charge in [-0.05, 0) is 54.2 Å². The van der Waals surface area contributed by atoms with Crippen molar-refractivity contribution in [2.24, 2.45) is 17.3 Å². The van der Waals surface area contributed by atoms with Gasteiger partial charge in [-0.15, -0.1) is 0 Å². The minimum absolute atomic E-state index is 0.00826. The van der Waals surface area contributed by atoms with Crippen LogP contribution in [0.1, 0.15) is 47.6 Å². The Labute approximate surface area is 133 Å². The number of esters is 1. The second-order valence-corrected chi connectivity index (χ2v) is 8.00. The van der Waals surface area contributed by atoms with E-state index in [9.17, 15) is 9.59 Å². The zero-order chi connectivity index (χ0) is 15.7. The van der Waals surface area contributed by atoms with E-state index >= 15 is 0 Å².